The fourth-order valence-electron chi connectivity index (χ4n) is 2.04. The van der Waals surface area contributed by atoms with Gasteiger partial charge in [-0.1, -0.05) is 6.92 Å². The highest BCUT2D eigenvalue weighted by Crippen LogP contribution is 2.38. The zero-order valence-electron chi connectivity index (χ0n) is 6.85. The lowest BCUT2D eigenvalue weighted by Crippen LogP contribution is -2.48. The molecule has 3 atom stereocenters. The normalized spacial score (nSPS) is 50.1. The molecule has 1 unspecified atom stereocenters. The molecule has 2 heteroatoms. The summed E-state index contributed by atoms with van der Waals surface area (Å²) in [5.74, 6) is 0.737. The predicted octanol–water partition coefficient (Wildman–Crippen LogP) is 1.12. The summed E-state index contributed by atoms with van der Waals surface area (Å²) in [6.45, 7) is 6.75. The van der Waals surface area contributed by atoms with Gasteiger partial charge in [0, 0.05) is 5.54 Å². The second-order valence-corrected chi connectivity index (χ2v) is 4.23. The lowest BCUT2D eigenvalue weighted by Gasteiger charge is -2.31. The Balaban J connectivity index is 2.06. The summed E-state index contributed by atoms with van der Waals surface area (Å²) in [5, 5.41) is 3.44. The standard InChI is InChI=1S/C8H15NO/c1-5-4-8(2,3)9-7-6(5)10-7/h5-7,9H,4H2,1-3H3/t5-,6?,7-/m0/s1. The van der Waals surface area contributed by atoms with Crippen molar-refractivity contribution in [3.8, 4) is 0 Å². The highest BCUT2D eigenvalue weighted by Gasteiger charge is 2.50. The molecule has 58 valence electrons. The molecule has 0 aromatic heterocycles. The van der Waals surface area contributed by atoms with Crippen molar-refractivity contribution in [1.29, 1.82) is 0 Å². The Kier molecular flexibility index (Phi) is 1.15. The van der Waals surface area contributed by atoms with Gasteiger partial charge in [-0.05, 0) is 26.2 Å². The van der Waals surface area contributed by atoms with Gasteiger partial charge in [0.05, 0.1) is 0 Å². The van der Waals surface area contributed by atoms with Crippen LogP contribution in [0.3, 0.4) is 0 Å². The minimum Gasteiger partial charge on any atom is -0.353 e. The number of piperidine rings is 1. The Hall–Kier alpha value is -0.0800. The molecule has 2 nitrogen and oxygen atoms in total. The fourth-order valence-corrected chi connectivity index (χ4v) is 2.04. The van der Waals surface area contributed by atoms with Crippen LogP contribution in [0.15, 0.2) is 0 Å². The van der Waals surface area contributed by atoms with Crippen LogP contribution >= 0.6 is 0 Å². The molecule has 0 spiro atoms. The molecule has 0 aromatic carbocycles. The van der Waals surface area contributed by atoms with Crippen molar-refractivity contribution in [3.63, 3.8) is 0 Å². The van der Waals surface area contributed by atoms with Crippen LogP contribution in [-0.4, -0.2) is 17.9 Å². The first-order chi connectivity index (χ1) is 4.58. The van der Waals surface area contributed by atoms with Crippen molar-refractivity contribution in [1.82, 2.24) is 5.32 Å². The van der Waals surface area contributed by atoms with Gasteiger partial charge in [-0.3, -0.25) is 5.32 Å². The molecule has 2 aliphatic heterocycles. The van der Waals surface area contributed by atoms with Crippen LogP contribution in [0.25, 0.3) is 0 Å². The Labute approximate surface area is 61.9 Å². The molecule has 0 bridgehead atoms. The number of ether oxygens (including phenoxy) is 1. The minimum atomic E-state index is 0.289. The summed E-state index contributed by atoms with van der Waals surface area (Å²) in [4.78, 5) is 0. The van der Waals surface area contributed by atoms with Gasteiger partial charge < -0.3 is 4.74 Å². The highest BCUT2D eigenvalue weighted by atomic mass is 16.6. The van der Waals surface area contributed by atoms with E-state index < -0.39 is 0 Å². The Bertz CT molecular complexity index is 155. The van der Waals surface area contributed by atoms with E-state index in [4.69, 9.17) is 4.74 Å². The maximum absolute atomic E-state index is 5.41. The van der Waals surface area contributed by atoms with E-state index in [2.05, 4.69) is 26.1 Å². The molecular weight excluding hydrogens is 126 g/mol. The third kappa shape index (κ3) is 0.956. The second-order valence-electron chi connectivity index (χ2n) is 4.23. The summed E-state index contributed by atoms with van der Waals surface area (Å²) in [6, 6.07) is 0. The van der Waals surface area contributed by atoms with Crippen molar-refractivity contribution in [3.05, 3.63) is 0 Å². The van der Waals surface area contributed by atoms with E-state index in [0.29, 0.717) is 12.3 Å². The van der Waals surface area contributed by atoms with E-state index in [1.165, 1.54) is 6.42 Å². The molecule has 2 saturated heterocycles. The average Bonchev–Trinajstić information content (AvgIpc) is 2.40. The van der Waals surface area contributed by atoms with Gasteiger partial charge in [-0.2, -0.15) is 0 Å². The molecule has 2 aliphatic rings. The van der Waals surface area contributed by atoms with Crippen molar-refractivity contribution < 1.29 is 4.74 Å². The fraction of sp³-hybridized carbons (Fsp3) is 1.00. The first-order valence-corrected chi connectivity index (χ1v) is 4.02. The molecule has 2 fully saturated rings. The molecule has 0 amide bonds. The summed E-state index contributed by atoms with van der Waals surface area (Å²) in [5.41, 5.74) is 0.289. The molecule has 0 radical (unpaired) electrons. The Morgan fingerprint density at radius 1 is 1.50 bits per heavy atom. The molecule has 0 aromatic rings. The van der Waals surface area contributed by atoms with Gasteiger partial charge in [0.2, 0.25) is 0 Å². The topological polar surface area (TPSA) is 24.6 Å². The van der Waals surface area contributed by atoms with Crippen LogP contribution in [0.2, 0.25) is 0 Å². The first-order valence-electron chi connectivity index (χ1n) is 4.02. The maximum Gasteiger partial charge on any atom is 0.135 e. The molecule has 10 heavy (non-hydrogen) atoms. The van der Waals surface area contributed by atoms with E-state index >= 15 is 0 Å². The monoisotopic (exact) mass is 141 g/mol. The van der Waals surface area contributed by atoms with Crippen LogP contribution in [0.4, 0.5) is 0 Å². The summed E-state index contributed by atoms with van der Waals surface area (Å²) < 4.78 is 5.41. The van der Waals surface area contributed by atoms with Crippen molar-refractivity contribution in [2.75, 3.05) is 0 Å². The van der Waals surface area contributed by atoms with E-state index in [9.17, 15) is 0 Å². The van der Waals surface area contributed by atoms with E-state index in [1.807, 2.05) is 0 Å². The van der Waals surface area contributed by atoms with Crippen molar-refractivity contribution >= 4 is 0 Å². The molecule has 2 heterocycles. The molecular formula is C8H15NO. The predicted molar refractivity (Wildman–Crippen MR) is 39.7 cm³/mol. The van der Waals surface area contributed by atoms with Crippen LogP contribution in [-0.2, 0) is 4.74 Å². The van der Waals surface area contributed by atoms with Crippen molar-refractivity contribution in [2.24, 2.45) is 5.92 Å². The lowest BCUT2D eigenvalue weighted by molar-refractivity contribution is 0.259. The second kappa shape index (κ2) is 1.74. The Morgan fingerprint density at radius 2 is 2.20 bits per heavy atom. The molecule has 1 N–H and O–H groups in total. The minimum absolute atomic E-state index is 0.289. The van der Waals surface area contributed by atoms with Crippen LogP contribution in [0.5, 0.6) is 0 Å². The molecule has 2 rings (SSSR count). The van der Waals surface area contributed by atoms with E-state index in [1.54, 1.807) is 0 Å². The first kappa shape index (κ1) is 6.62. The largest absolute Gasteiger partial charge is 0.353 e. The van der Waals surface area contributed by atoms with Gasteiger partial charge in [-0.15, -0.1) is 0 Å². The zero-order valence-corrected chi connectivity index (χ0v) is 6.85. The van der Waals surface area contributed by atoms with Crippen molar-refractivity contribution in [2.45, 2.75) is 45.1 Å². The number of hydrogen-bond donors (Lipinski definition) is 1. The molecule has 0 saturated carbocycles. The summed E-state index contributed by atoms with van der Waals surface area (Å²) in [7, 11) is 0. The van der Waals surface area contributed by atoms with Gasteiger partial charge in [0.15, 0.2) is 0 Å². The van der Waals surface area contributed by atoms with Gasteiger partial charge >= 0.3 is 0 Å². The zero-order chi connectivity index (χ0) is 7.35. The van der Waals surface area contributed by atoms with Crippen LogP contribution < -0.4 is 5.32 Å². The van der Waals surface area contributed by atoms with Gasteiger partial charge in [0.1, 0.15) is 12.3 Å². The lowest BCUT2D eigenvalue weighted by atomic mass is 9.86. The Morgan fingerprint density at radius 3 is 2.80 bits per heavy atom. The SMILES string of the molecule is C[C@H]1CC(C)(C)N[C@H]2OC12. The number of fused-ring (bicyclic) bond motifs is 1. The third-order valence-electron chi connectivity index (χ3n) is 2.45. The van der Waals surface area contributed by atoms with Crippen LogP contribution in [0.1, 0.15) is 27.2 Å². The van der Waals surface area contributed by atoms with E-state index in [-0.39, 0.29) is 5.54 Å². The number of hydrogen-bond acceptors (Lipinski definition) is 2. The van der Waals surface area contributed by atoms with Crippen LogP contribution in [0, 0.1) is 5.92 Å². The average molecular weight is 141 g/mol. The number of nitrogens with one attached hydrogen (secondary N) is 1. The molecule has 0 aliphatic carbocycles. The number of epoxide rings is 1. The third-order valence-corrected chi connectivity index (χ3v) is 2.45. The highest BCUT2D eigenvalue weighted by molar-refractivity contribution is 4.99. The quantitative estimate of drug-likeness (QED) is 0.511. The summed E-state index contributed by atoms with van der Waals surface area (Å²) in [6.07, 6.45) is 2.13. The smallest absolute Gasteiger partial charge is 0.135 e. The van der Waals surface area contributed by atoms with Gasteiger partial charge in [0.25, 0.3) is 0 Å². The number of rotatable bonds is 0. The summed E-state index contributed by atoms with van der Waals surface area (Å²) >= 11 is 0. The van der Waals surface area contributed by atoms with Gasteiger partial charge in [-0.25, -0.2) is 0 Å². The van der Waals surface area contributed by atoms with E-state index in [0.717, 1.165) is 5.92 Å². The maximum atomic E-state index is 5.41.